The maximum atomic E-state index is 12.7. The monoisotopic (exact) mass is 432 g/mol. The van der Waals surface area contributed by atoms with Crippen LogP contribution in [0.1, 0.15) is 28.7 Å². The van der Waals surface area contributed by atoms with Gasteiger partial charge in [0, 0.05) is 36.4 Å². The van der Waals surface area contributed by atoms with Gasteiger partial charge in [-0.2, -0.15) is 0 Å². The van der Waals surface area contributed by atoms with Crippen LogP contribution in [0.15, 0.2) is 47.3 Å². The third-order valence-corrected chi connectivity index (χ3v) is 5.21. The normalized spacial score (nSPS) is 10.8. The number of carboxylic acids is 1. The van der Waals surface area contributed by atoms with E-state index >= 15 is 0 Å². The average molecular weight is 433 g/mol. The maximum absolute atomic E-state index is 12.7. The Bertz CT molecular complexity index is 1140. The maximum Gasteiger partial charge on any atom is 0.341 e. The smallest absolute Gasteiger partial charge is 0.341 e. The summed E-state index contributed by atoms with van der Waals surface area (Å²) in [7, 11) is 1.53. The van der Waals surface area contributed by atoms with Gasteiger partial charge >= 0.3 is 5.97 Å². The van der Waals surface area contributed by atoms with Crippen molar-refractivity contribution in [1.82, 2.24) is 9.55 Å². The Labute approximate surface area is 177 Å². The predicted molar refractivity (Wildman–Crippen MR) is 112 cm³/mol. The third kappa shape index (κ3) is 4.28. The Balaban J connectivity index is 2.25. The zero-order valence-electron chi connectivity index (χ0n) is 15.8. The van der Waals surface area contributed by atoms with Crippen molar-refractivity contribution in [3.8, 4) is 17.1 Å². The van der Waals surface area contributed by atoms with Gasteiger partial charge in [-0.1, -0.05) is 35.3 Å². The van der Waals surface area contributed by atoms with Crippen molar-refractivity contribution in [2.24, 2.45) is 0 Å². The van der Waals surface area contributed by atoms with Crippen molar-refractivity contribution in [3.63, 3.8) is 0 Å². The Morgan fingerprint density at radius 3 is 2.55 bits per heavy atom. The zero-order valence-corrected chi connectivity index (χ0v) is 17.3. The van der Waals surface area contributed by atoms with Gasteiger partial charge in [-0.15, -0.1) is 0 Å². The number of benzene rings is 1. The Morgan fingerprint density at radius 2 is 1.93 bits per heavy atom. The molecule has 3 rings (SSSR count). The number of nitrogens with zero attached hydrogens (tertiary/aromatic N) is 2. The second kappa shape index (κ2) is 8.68. The average Bonchev–Trinajstić information content (AvgIpc) is 2.69. The highest BCUT2D eigenvalue weighted by Crippen LogP contribution is 2.31. The highest BCUT2D eigenvalue weighted by molar-refractivity contribution is 6.42. The minimum Gasteiger partial charge on any atom is -0.481 e. The molecule has 6 nitrogen and oxygen atoms in total. The quantitative estimate of drug-likeness (QED) is 0.618. The molecule has 0 atom stereocenters. The number of halogens is 2. The number of ether oxygens (including phenoxy) is 1. The van der Waals surface area contributed by atoms with Gasteiger partial charge in [0.25, 0.3) is 0 Å². The Morgan fingerprint density at radius 1 is 1.17 bits per heavy atom. The molecule has 3 aromatic rings. The molecule has 2 aromatic heterocycles. The number of carboxylic acid groups (broad SMARTS) is 1. The van der Waals surface area contributed by atoms with E-state index in [-0.39, 0.29) is 16.3 Å². The van der Waals surface area contributed by atoms with Gasteiger partial charge in [0.1, 0.15) is 5.56 Å². The van der Waals surface area contributed by atoms with Crippen molar-refractivity contribution in [1.29, 1.82) is 0 Å². The van der Waals surface area contributed by atoms with E-state index in [0.717, 1.165) is 0 Å². The second-order valence-electron chi connectivity index (χ2n) is 6.25. The largest absolute Gasteiger partial charge is 0.481 e. The molecule has 0 saturated heterocycles. The van der Waals surface area contributed by atoms with E-state index in [4.69, 9.17) is 27.9 Å². The highest BCUT2D eigenvalue weighted by Gasteiger charge is 2.22. The van der Waals surface area contributed by atoms with E-state index in [1.807, 2.05) is 13.0 Å². The predicted octanol–water partition coefficient (Wildman–Crippen LogP) is 4.53. The van der Waals surface area contributed by atoms with Gasteiger partial charge in [-0.3, -0.25) is 4.79 Å². The van der Waals surface area contributed by atoms with E-state index < -0.39 is 11.4 Å². The van der Waals surface area contributed by atoms with E-state index in [2.05, 4.69) is 4.98 Å². The summed E-state index contributed by atoms with van der Waals surface area (Å²) in [6, 6.07) is 11.5. The fourth-order valence-corrected chi connectivity index (χ4v) is 3.51. The molecule has 0 aliphatic rings. The first kappa shape index (κ1) is 20.9. The molecule has 0 bridgehead atoms. The first-order valence-electron chi connectivity index (χ1n) is 8.81. The van der Waals surface area contributed by atoms with Gasteiger partial charge in [0.05, 0.1) is 28.5 Å². The molecule has 0 aliphatic heterocycles. The van der Waals surface area contributed by atoms with Crippen LogP contribution in [0.5, 0.6) is 5.88 Å². The van der Waals surface area contributed by atoms with E-state index in [9.17, 15) is 14.7 Å². The summed E-state index contributed by atoms with van der Waals surface area (Å²) in [5, 5.41) is 10.3. The van der Waals surface area contributed by atoms with Gasteiger partial charge in [0.2, 0.25) is 5.88 Å². The van der Waals surface area contributed by atoms with Crippen LogP contribution in [0.2, 0.25) is 10.0 Å². The fraction of sp³-hybridized carbons (Fsp3) is 0.190. The van der Waals surface area contributed by atoms with Crippen molar-refractivity contribution in [3.05, 3.63) is 79.7 Å². The Kier molecular flexibility index (Phi) is 6.25. The lowest BCUT2D eigenvalue weighted by molar-refractivity contribution is 0.0695. The summed E-state index contributed by atoms with van der Waals surface area (Å²) in [5.41, 5.74) is 1.20. The summed E-state index contributed by atoms with van der Waals surface area (Å²) in [5.74, 6) is -0.843. The minimum atomic E-state index is -1.30. The highest BCUT2D eigenvalue weighted by atomic mass is 35.5. The molecule has 1 aromatic carbocycles. The van der Waals surface area contributed by atoms with E-state index in [0.29, 0.717) is 40.8 Å². The number of hydrogen-bond acceptors (Lipinski definition) is 4. The molecule has 0 fully saturated rings. The van der Waals surface area contributed by atoms with Crippen LogP contribution in [-0.2, 0) is 13.0 Å². The molecule has 0 saturated carbocycles. The topological polar surface area (TPSA) is 81.4 Å². The SMILES string of the molecule is CCn1c(Cc2cccc(OC)n2)cc(=O)c(C(=O)O)c1-c1ccc(Cl)c(Cl)c1. The summed E-state index contributed by atoms with van der Waals surface area (Å²) >= 11 is 12.1. The summed E-state index contributed by atoms with van der Waals surface area (Å²) in [4.78, 5) is 29.0. The van der Waals surface area contributed by atoms with Crippen LogP contribution in [0.4, 0.5) is 0 Å². The molecule has 0 spiro atoms. The van der Waals surface area contributed by atoms with Gasteiger partial charge < -0.3 is 14.4 Å². The van der Waals surface area contributed by atoms with Crippen molar-refractivity contribution >= 4 is 29.2 Å². The van der Waals surface area contributed by atoms with Crippen LogP contribution in [0, 0.1) is 0 Å². The van der Waals surface area contributed by atoms with Gasteiger partial charge in [-0.05, 0) is 25.1 Å². The third-order valence-electron chi connectivity index (χ3n) is 4.47. The molecule has 0 amide bonds. The first-order valence-corrected chi connectivity index (χ1v) is 9.56. The fourth-order valence-electron chi connectivity index (χ4n) is 3.21. The summed E-state index contributed by atoms with van der Waals surface area (Å²) in [6.07, 6.45) is 0.328. The molecule has 0 radical (unpaired) electrons. The van der Waals surface area contributed by atoms with Crippen molar-refractivity contribution < 1.29 is 14.6 Å². The molecular weight excluding hydrogens is 415 g/mol. The Hall–Kier alpha value is -2.83. The van der Waals surface area contributed by atoms with Crippen LogP contribution in [-0.4, -0.2) is 27.7 Å². The number of rotatable bonds is 6. The zero-order chi connectivity index (χ0) is 21.1. The molecule has 0 unspecified atom stereocenters. The summed E-state index contributed by atoms with van der Waals surface area (Å²) < 4.78 is 6.94. The molecule has 29 heavy (non-hydrogen) atoms. The van der Waals surface area contributed by atoms with Crippen LogP contribution in [0.3, 0.4) is 0 Å². The summed E-state index contributed by atoms with van der Waals surface area (Å²) in [6.45, 7) is 2.31. The van der Waals surface area contributed by atoms with E-state index in [1.54, 1.807) is 34.9 Å². The number of aromatic nitrogens is 2. The number of pyridine rings is 2. The molecular formula is C21H18Cl2N2O4. The molecule has 2 heterocycles. The molecule has 150 valence electrons. The van der Waals surface area contributed by atoms with Crippen LogP contribution >= 0.6 is 23.2 Å². The number of carbonyl (C=O) groups is 1. The number of methoxy groups -OCH3 is 1. The second-order valence-corrected chi connectivity index (χ2v) is 7.06. The van der Waals surface area contributed by atoms with E-state index in [1.165, 1.54) is 13.2 Å². The first-order chi connectivity index (χ1) is 13.8. The molecule has 0 aliphatic carbocycles. The van der Waals surface area contributed by atoms with Gasteiger partial charge in [0.15, 0.2) is 5.43 Å². The van der Waals surface area contributed by atoms with Crippen LogP contribution < -0.4 is 10.2 Å². The number of hydrogen-bond donors (Lipinski definition) is 1. The molecule has 8 heteroatoms. The lowest BCUT2D eigenvalue weighted by Gasteiger charge is -2.20. The van der Waals surface area contributed by atoms with Crippen LogP contribution in [0.25, 0.3) is 11.3 Å². The van der Waals surface area contributed by atoms with Crippen molar-refractivity contribution in [2.75, 3.05) is 7.11 Å². The minimum absolute atomic E-state index is 0.274. The standard InChI is InChI=1S/C21H18Cl2N2O4/c1-3-25-14(10-13-5-4-6-18(24-13)29-2)11-17(26)19(21(27)28)20(25)12-7-8-15(22)16(23)9-12/h4-9,11H,3,10H2,1-2H3,(H,27,28). The van der Waals surface area contributed by atoms with Crippen molar-refractivity contribution in [2.45, 2.75) is 19.9 Å². The lowest BCUT2D eigenvalue weighted by atomic mass is 10.0. The number of aromatic carboxylic acids is 1. The lowest BCUT2D eigenvalue weighted by Crippen LogP contribution is -2.23. The molecule has 1 N–H and O–H groups in total. The van der Waals surface area contributed by atoms with Gasteiger partial charge in [-0.25, -0.2) is 9.78 Å².